The molecule has 4 N–H and O–H groups in total. The summed E-state index contributed by atoms with van der Waals surface area (Å²) in [6.07, 6.45) is 10.9. The minimum atomic E-state index is -0.780. The number of amides is 2. The molecule has 3 atom stereocenters. The van der Waals surface area contributed by atoms with Gasteiger partial charge in [0.2, 0.25) is 5.91 Å². The number of carbonyl (C=O) groups excluding carboxylic acids is 2. The smallest absolute Gasteiger partial charge is 0.406 e. The van der Waals surface area contributed by atoms with E-state index in [1.165, 1.54) is 18.6 Å². The van der Waals surface area contributed by atoms with Gasteiger partial charge in [0.05, 0.1) is 17.7 Å². The van der Waals surface area contributed by atoms with E-state index in [1.807, 2.05) is 30.3 Å². The minimum absolute atomic E-state index is 0.170. The third kappa shape index (κ3) is 9.71. The van der Waals surface area contributed by atoms with Gasteiger partial charge in [0, 0.05) is 25.4 Å². The molecule has 1 saturated heterocycles. The van der Waals surface area contributed by atoms with Gasteiger partial charge < -0.3 is 25.8 Å². The molecule has 0 radical (unpaired) electrons. The van der Waals surface area contributed by atoms with Crippen molar-refractivity contribution in [2.24, 2.45) is 11.7 Å². The Kier molecular flexibility index (Phi) is 11.9. The summed E-state index contributed by atoms with van der Waals surface area (Å²) in [6, 6.07) is 8.90. The molecule has 3 rings (SSSR count). The van der Waals surface area contributed by atoms with Crippen molar-refractivity contribution in [2.45, 2.75) is 83.3 Å². The van der Waals surface area contributed by atoms with Crippen LogP contribution in [-0.4, -0.2) is 71.4 Å². The zero-order chi connectivity index (χ0) is 28.3. The van der Waals surface area contributed by atoms with Crippen LogP contribution in [0, 0.1) is 5.92 Å². The zero-order valence-corrected chi connectivity index (χ0v) is 23.9. The van der Waals surface area contributed by atoms with Crippen LogP contribution in [0.25, 0.3) is 0 Å². The number of hydrogen-bond acceptors (Lipinski definition) is 7. The third-order valence-electron chi connectivity index (χ3n) is 7.18. The van der Waals surface area contributed by atoms with E-state index in [0.717, 1.165) is 57.2 Å². The fourth-order valence-corrected chi connectivity index (χ4v) is 5.31. The zero-order valence-electron chi connectivity index (χ0n) is 23.9. The fraction of sp³-hybridized carbons (Fsp3) is 0.586. The van der Waals surface area contributed by atoms with Crippen molar-refractivity contribution in [1.29, 1.82) is 0 Å². The number of likely N-dealkylation sites (N-methyl/N-ethyl adjacent to an activating group) is 1. The lowest BCUT2D eigenvalue weighted by atomic mass is 9.68. The van der Waals surface area contributed by atoms with Crippen molar-refractivity contribution in [3.05, 3.63) is 60.2 Å². The van der Waals surface area contributed by atoms with E-state index in [1.54, 1.807) is 0 Å². The maximum Gasteiger partial charge on any atom is 0.406 e. The highest BCUT2D eigenvalue weighted by Gasteiger charge is 2.47. The van der Waals surface area contributed by atoms with E-state index >= 15 is 0 Å². The Morgan fingerprint density at radius 1 is 1.13 bits per heavy atom. The maximum atomic E-state index is 13.8. The molecule has 1 aliphatic heterocycles. The van der Waals surface area contributed by atoms with Crippen LogP contribution in [0.4, 0.5) is 0 Å². The highest BCUT2D eigenvalue weighted by atomic mass is 16.5. The lowest BCUT2D eigenvalue weighted by Gasteiger charge is -2.29. The van der Waals surface area contributed by atoms with Gasteiger partial charge >= 0.3 is 7.05 Å². The van der Waals surface area contributed by atoms with E-state index < -0.39 is 11.9 Å². The molecule has 212 valence electrons. The fourth-order valence-electron chi connectivity index (χ4n) is 5.31. The Morgan fingerprint density at radius 3 is 2.54 bits per heavy atom. The van der Waals surface area contributed by atoms with Gasteiger partial charge in [-0.25, -0.2) is 4.98 Å². The first kappa shape index (κ1) is 30.7. The molecule has 2 amide bonds. The van der Waals surface area contributed by atoms with Gasteiger partial charge in [-0.05, 0) is 51.3 Å². The number of aromatic nitrogens is 2. The van der Waals surface area contributed by atoms with Gasteiger partial charge in [-0.1, -0.05) is 63.4 Å². The first-order valence-electron chi connectivity index (χ1n) is 14.2. The van der Waals surface area contributed by atoms with Crippen LogP contribution in [0.2, 0.25) is 0 Å². The highest BCUT2D eigenvalue weighted by Crippen LogP contribution is 2.30. The molecule has 9 nitrogen and oxygen atoms in total. The monoisotopic (exact) mass is 536 g/mol. The Hall–Kier alpha value is -2.82. The molecule has 0 spiro atoms. The van der Waals surface area contributed by atoms with E-state index in [0.29, 0.717) is 12.3 Å². The van der Waals surface area contributed by atoms with Gasteiger partial charge in [0.1, 0.15) is 11.7 Å². The molecule has 0 bridgehead atoms. The van der Waals surface area contributed by atoms with Gasteiger partial charge in [0.25, 0.3) is 5.91 Å². The average Bonchev–Trinajstić information content (AvgIpc) is 3.22. The van der Waals surface area contributed by atoms with Crippen molar-refractivity contribution < 1.29 is 14.2 Å². The van der Waals surface area contributed by atoms with Crippen LogP contribution in [0.3, 0.4) is 0 Å². The van der Waals surface area contributed by atoms with E-state index in [9.17, 15) is 9.59 Å². The van der Waals surface area contributed by atoms with Crippen molar-refractivity contribution in [2.75, 3.05) is 20.1 Å². The number of nitrogens with zero attached hydrogens (tertiary/aromatic N) is 3. The standard InChI is InChI=1S/C29H45BN6O3/c1-22(2)18-26(30-36(4)21-29(3,39-30)14-10-5-6-11-15-31)35-27(37)24(19-23-12-8-7-9-13-23)34-28(38)25-20-32-16-17-33-25/h7-9,12-13,16-17,20,22,24,26H,5-6,10-11,14-15,18-19,21,31H2,1-4H3,(H,34,38)(H,35,37)/t24-,26?,29?/m0/s1. The number of rotatable bonds is 15. The van der Waals surface area contributed by atoms with E-state index in [-0.39, 0.29) is 30.2 Å². The van der Waals surface area contributed by atoms with E-state index in [2.05, 4.69) is 53.2 Å². The predicted molar refractivity (Wildman–Crippen MR) is 155 cm³/mol. The SMILES string of the molecule is CC(C)CC(NC(=O)[C@H](Cc1ccccc1)NC(=O)c1cnccn1)B1OC(C)(CCCCCCN)CN1C. The number of hydrogen-bond donors (Lipinski definition) is 3. The molecule has 0 saturated carbocycles. The van der Waals surface area contributed by atoms with Crippen LogP contribution < -0.4 is 16.4 Å². The summed E-state index contributed by atoms with van der Waals surface area (Å²) in [5, 5.41) is 6.14. The summed E-state index contributed by atoms with van der Waals surface area (Å²) in [4.78, 5) is 37.0. The summed E-state index contributed by atoms with van der Waals surface area (Å²) in [5.41, 5.74) is 6.48. The lowest BCUT2D eigenvalue weighted by molar-refractivity contribution is -0.123. The summed E-state index contributed by atoms with van der Waals surface area (Å²) in [7, 11) is 1.81. The van der Waals surface area contributed by atoms with E-state index in [4.69, 9.17) is 10.4 Å². The van der Waals surface area contributed by atoms with Gasteiger partial charge in [-0.15, -0.1) is 0 Å². The molecule has 2 unspecified atom stereocenters. The summed E-state index contributed by atoms with van der Waals surface area (Å²) in [6.45, 7) is 7.99. The van der Waals surface area contributed by atoms with Crippen molar-refractivity contribution >= 4 is 18.9 Å². The molecular formula is C29H45BN6O3. The topological polar surface area (TPSA) is 122 Å². The van der Waals surface area contributed by atoms with Crippen molar-refractivity contribution in [3.8, 4) is 0 Å². The molecule has 0 aliphatic carbocycles. The molecule has 1 aromatic heterocycles. The van der Waals surface area contributed by atoms with Crippen LogP contribution in [0.15, 0.2) is 48.9 Å². The quantitative estimate of drug-likeness (QED) is 0.236. The second kappa shape index (κ2) is 15.1. The number of carbonyl (C=O) groups is 2. The van der Waals surface area contributed by atoms with Crippen molar-refractivity contribution in [3.63, 3.8) is 0 Å². The maximum absolute atomic E-state index is 13.8. The second-order valence-electron chi connectivity index (χ2n) is 11.4. The second-order valence-corrected chi connectivity index (χ2v) is 11.4. The summed E-state index contributed by atoms with van der Waals surface area (Å²) in [5.74, 6) is -0.560. The molecule has 1 aromatic carbocycles. The van der Waals surface area contributed by atoms with Crippen molar-refractivity contribution in [1.82, 2.24) is 25.4 Å². The average molecular weight is 537 g/mol. The number of unbranched alkanes of at least 4 members (excludes halogenated alkanes) is 3. The number of benzene rings is 1. The minimum Gasteiger partial charge on any atom is -0.413 e. The molecule has 2 heterocycles. The Bertz CT molecular complexity index is 1030. The Labute approximate surface area is 233 Å². The molecule has 10 heteroatoms. The normalized spacial score (nSPS) is 19.2. The Morgan fingerprint density at radius 2 is 1.87 bits per heavy atom. The third-order valence-corrected chi connectivity index (χ3v) is 7.18. The molecule has 1 fully saturated rings. The summed E-state index contributed by atoms with van der Waals surface area (Å²) >= 11 is 0. The highest BCUT2D eigenvalue weighted by molar-refractivity contribution is 6.51. The Balaban J connectivity index is 1.73. The van der Waals surface area contributed by atoms with Crippen LogP contribution >= 0.6 is 0 Å². The molecule has 39 heavy (non-hydrogen) atoms. The largest absolute Gasteiger partial charge is 0.413 e. The first-order chi connectivity index (χ1) is 18.7. The van der Waals surface area contributed by atoms with Gasteiger partial charge in [0.15, 0.2) is 0 Å². The summed E-state index contributed by atoms with van der Waals surface area (Å²) < 4.78 is 6.66. The van der Waals surface area contributed by atoms with Gasteiger partial charge in [-0.3, -0.25) is 14.6 Å². The predicted octanol–water partition coefficient (Wildman–Crippen LogP) is 3.01. The van der Waals surface area contributed by atoms with Crippen LogP contribution in [0.5, 0.6) is 0 Å². The molecule has 2 aromatic rings. The molecule has 1 aliphatic rings. The number of nitrogens with two attached hydrogens (primary N) is 1. The van der Waals surface area contributed by atoms with Gasteiger partial charge in [-0.2, -0.15) is 0 Å². The van der Waals surface area contributed by atoms with Crippen LogP contribution in [0.1, 0.15) is 75.3 Å². The molecular weight excluding hydrogens is 491 g/mol. The van der Waals surface area contributed by atoms with Crippen LogP contribution in [-0.2, 0) is 15.9 Å². The number of nitrogens with one attached hydrogen (secondary N) is 2. The first-order valence-corrected chi connectivity index (χ1v) is 14.2. The lowest BCUT2D eigenvalue weighted by Crippen LogP contribution is -2.58.